The number of nitriles is 1. The predicted octanol–water partition coefficient (Wildman–Crippen LogP) is 5.53. The molecule has 0 aromatic carbocycles. The highest BCUT2D eigenvalue weighted by Gasteiger charge is 2.26. The van der Waals surface area contributed by atoms with Crippen LogP contribution >= 0.6 is 38.6 Å². The normalized spacial score (nSPS) is 12.2. The van der Waals surface area contributed by atoms with E-state index in [9.17, 15) is 20.0 Å². The summed E-state index contributed by atoms with van der Waals surface area (Å²) in [4.78, 5) is 35.5. The number of carboxylic acid groups (broad SMARTS) is 1. The maximum atomic E-state index is 12.1. The number of alkyl carbamates (subject to hydrolysis) is 1. The van der Waals surface area contributed by atoms with Crippen LogP contribution in [-0.2, 0) is 17.7 Å². The molecule has 1 unspecified atom stereocenters. The van der Waals surface area contributed by atoms with Crippen molar-refractivity contribution in [2.24, 2.45) is 0 Å². The summed E-state index contributed by atoms with van der Waals surface area (Å²) in [6.45, 7) is 7.31. The van der Waals surface area contributed by atoms with E-state index in [0.29, 0.717) is 21.1 Å². The van der Waals surface area contributed by atoms with Gasteiger partial charge in [0.2, 0.25) is 5.82 Å². The van der Waals surface area contributed by atoms with Crippen molar-refractivity contribution in [1.29, 1.82) is 5.26 Å². The molecular weight excluding hydrogens is 530 g/mol. The molecule has 174 valence electrons. The van der Waals surface area contributed by atoms with E-state index in [1.165, 1.54) is 22.7 Å². The van der Waals surface area contributed by atoms with Crippen molar-refractivity contribution in [3.63, 3.8) is 0 Å². The molecule has 0 aliphatic rings. The molecule has 0 bridgehead atoms. The zero-order valence-corrected chi connectivity index (χ0v) is 21.6. The first-order valence-electron chi connectivity index (χ1n) is 9.90. The maximum Gasteiger partial charge on any atom is 0.413 e. The molecule has 0 radical (unpaired) electrons. The number of nitrogens with one attached hydrogen (secondary N) is 1. The van der Waals surface area contributed by atoms with E-state index in [0.717, 1.165) is 14.7 Å². The molecule has 3 rings (SSSR count). The van der Waals surface area contributed by atoms with Gasteiger partial charge in [-0.05, 0) is 55.1 Å². The number of thiophene rings is 2. The molecule has 0 spiro atoms. The summed E-state index contributed by atoms with van der Waals surface area (Å²) in [5.74, 6) is 0.0297. The summed E-state index contributed by atoms with van der Waals surface area (Å²) in [5, 5.41) is 24.0. The quantitative estimate of drug-likeness (QED) is 0.412. The summed E-state index contributed by atoms with van der Waals surface area (Å²) in [6.07, 6.45) is -1.26. The molecule has 0 saturated carbocycles. The first kappa shape index (κ1) is 24.9. The van der Waals surface area contributed by atoms with Crippen LogP contribution < -0.4 is 10.2 Å². The predicted molar refractivity (Wildman–Crippen MR) is 131 cm³/mol. The number of amides is 2. The number of halogens is 1. The molecule has 9 nitrogen and oxygen atoms in total. The van der Waals surface area contributed by atoms with Gasteiger partial charge in [0.05, 0.1) is 15.7 Å². The van der Waals surface area contributed by atoms with Gasteiger partial charge in [0, 0.05) is 22.2 Å². The maximum absolute atomic E-state index is 12.1. The van der Waals surface area contributed by atoms with E-state index in [1.54, 1.807) is 20.8 Å². The highest BCUT2D eigenvalue weighted by atomic mass is 79.9. The summed E-state index contributed by atoms with van der Waals surface area (Å²) in [7, 11) is 0. The van der Waals surface area contributed by atoms with Crippen molar-refractivity contribution in [1.82, 2.24) is 15.3 Å². The molecule has 3 aromatic heterocycles. The van der Waals surface area contributed by atoms with Gasteiger partial charge in [0.1, 0.15) is 17.2 Å². The third kappa shape index (κ3) is 6.19. The molecule has 3 heterocycles. The van der Waals surface area contributed by atoms with Gasteiger partial charge in [0.15, 0.2) is 5.82 Å². The third-order valence-corrected chi connectivity index (χ3v) is 7.44. The number of ether oxygens (including phenoxy) is 1. The number of anilines is 1. The van der Waals surface area contributed by atoms with Crippen molar-refractivity contribution in [3.8, 4) is 6.07 Å². The Balaban J connectivity index is 1.96. The van der Waals surface area contributed by atoms with Crippen LogP contribution in [0.4, 0.5) is 15.4 Å². The van der Waals surface area contributed by atoms with Gasteiger partial charge in [0.25, 0.3) is 0 Å². The zero-order valence-electron chi connectivity index (χ0n) is 18.4. The molecule has 0 aliphatic carbocycles. The number of carbonyl (C=O) groups excluding carboxylic acids is 1. The summed E-state index contributed by atoms with van der Waals surface area (Å²) < 4.78 is 6.49. The minimum Gasteiger partial charge on any atom is -0.465 e. The van der Waals surface area contributed by atoms with E-state index < -0.39 is 17.8 Å². The number of fused-ring (bicyclic) bond motifs is 1. The standard InChI is InChI=1S/C21H22BrN5O4S2/c1-11(24-19(28)31-21(2,3)4)8-13-15(22)16-17(33-13)18(26-14(9-23)25-16)27(20(29)30)10-12-6-5-7-32-12/h5-7,11H,8,10H2,1-4H3,(H,24,28)(H,29,30). The van der Waals surface area contributed by atoms with Crippen LogP contribution in [0, 0.1) is 11.3 Å². The molecule has 0 fully saturated rings. The molecule has 2 N–H and O–H groups in total. The number of hydrogen-bond acceptors (Lipinski definition) is 8. The summed E-state index contributed by atoms with van der Waals surface area (Å²) in [6, 6.07) is 5.32. The van der Waals surface area contributed by atoms with Gasteiger partial charge in [-0.15, -0.1) is 22.7 Å². The fourth-order valence-corrected chi connectivity index (χ4v) is 5.75. The second kappa shape index (κ2) is 10.0. The Morgan fingerprint density at radius 3 is 2.70 bits per heavy atom. The molecule has 12 heteroatoms. The van der Waals surface area contributed by atoms with Crippen LogP contribution in [0.3, 0.4) is 0 Å². The Kier molecular flexibility index (Phi) is 7.56. The van der Waals surface area contributed by atoms with Gasteiger partial charge >= 0.3 is 12.2 Å². The van der Waals surface area contributed by atoms with Crippen LogP contribution in [0.15, 0.2) is 22.0 Å². The molecule has 2 amide bonds. The lowest BCUT2D eigenvalue weighted by atomic mass is 10.2. The number of nitrogens with zero attached hydrogens (tertiary/aromatic N) is 4. The molecule has 0 saturated heterocycles. The van der Waals surface area contributed by atoms with E-state index in [2.05, 4.69) is 31.2 Å². The highest BCUT2D eigenvalue weighted by Crippen LogP contribution is 2.40. The Bertz CT molecular complexity index is 1210. The SMILES string of the molecule is CC(Cc1sc2c(N(Cc3cccs3)C(=O)O)nc(C#N)nc2c1Br)NC(=O)OC(C)(C)C. The lowest BCUT2D eigenvalue weighted by Gasteiger charge is -2.21. The average molecular weight is 552 g/mol. The minimum atomic E-state index is -1.18. The van der Waals surface area contributed by atoms with Crippen LogP contribution in [0.5, 0.6) is 0 Å². The van der Waals surface area contributed by atoms with Crippen molar-refractivity contribution in [2.75, 3.05) is 4.90 Å². The van der Waals surface area contributed by atoms with Crippen molar-refractivity contribution < 1.29 is 19.4 Å². The van der Waals surface area contributed by atoms with Gasteiger partial charge in [-0.2, -0.15) is 10.2 Å². The number of rotatable bonds is 6. The topological polar surface area (TPSA) is 128 Å². The monoisotopic (exact) mass is 551 g/mol. The van der Waals surface area contributed by atoms with Crippen molar-refractivity contribution >= 4 is 66.8 Å². The lowest BCUT2D eigenvalue weighted by Crippen LogP contribution is -2.38. The largest absolute Gasteiger partial charge is 0.465 e. The lowest BCUT2D eigenvalue weighted by molar-refractivity contribution is 0.0508. The second-order valence-corrected chi connectivity index (χ2v) is 11.1. The number of carbonyl (C=O) groups is 2. The fourth-order valence-electron chi connectivity index (χ4n) is 2.98. The molecule has 0 aliphatic heterocycles. The number of hydrogen-bond donors (Lipinski definition) is 2. The zero-order chi connectivity index (χ0) is 24.3. The third-order valence-electron chi connectivity index (χ3n) is 4.26. The molecule has 3 aromatic rings. The van der Waals surface area contributed by atoms with Crippen molar-refractivity contribution in [2.45, 2.75) is 52.3 Å². The van der Waals surface area contributed by atoms with E-state index >= 15 is 0 Å². The highest BCUT2D eigenvalue weighted by molar-refractivity contribution is 9.10. The second-order valence-electron chi connectivity index (χ2n) is 8.20. The molecular formula is C21H22BrN5O4S2. The molecule has 33 heavy (non-hydrogen) atoms. The van der Waals surface area contributed by atoms with Gasteiger partial charge in [-0.3, -0.25) is 4.90 Å². The van der Waals surface area contributed by atoms with Crippen LogP contribution in [0.25, 0.3) is 10.2 Å². The average Bonchev–Trinajstić information content (AvgIpc) is 3.32. The number of aromatic nitrogens is 2. The first-order chi connectivity index (χ1) is 15.5. The van der Waals surface area contributed by atoms with E-state index in [-0.39, 0.29) is 24.2 Å². The van der Waals surface area contributed by atoms with Crippen LogP contribution in [0.2, 0.25) is 0 Å². The van der Waals surface area contributed by atoms with Gasteiger partial charge in [-0.1, -0.05) is 6.07 Å². The van der Waals surface area contributed by atoms with E-state index in [1.807, 2.05) is 30.5 Å². The van der Waals surface area contributed by atoms with E-state index in [4.69, 9.17) is 4.74 Å². The Morgan fingerprint density at radius 1 is 1.39 bits per heavy atom. The smallest absolute Gasteiger partial charge is 0.413 e. The summed E-state index contributed by atoms with van der Waals surface area (Å²) in [5.41, 5.74) is -0.151. The van der Waals surface area contributed by atoms with Crippen LogP contribution in [-0.4, -0.2) is 38.9 Å². The minimum absolute atomic E-state index is 0.103. The molecule has 1 atom stereocenters. The van der Waals surface area contributed by atoms with Crippen molar-refractivity contribution in [3.05, 3.63) is 37.6 Å². The Morgan fingerprint density at radius 2 is 2.12 bits per heavy atom. The Labute approximate surface area is 207 Å². The fraction of sp³-hybridized carbons (Fsp3) is 0.381. The summed E-state index contributed by atoms with van der Waals surface area (Å²) >= 11 is 6.30. The van der Waals surface area contributed by atoms with Crippen LogP contribution in [0.1, 0.15) is 43.3 Å². The van der Waals surface area contributed by atoms with Gasteiger partial charge < -0.3 is 15.2 Å². The first-order valence-corrected chi connectivity index (χ1v) is 12.4. The van der Waals surface area contributed by atoms with Gasteiger partial charge in [-0.25, -0.2) is 14.6 Å². The Hall–Kier alpha value is -2.75.